The molecule has 3 heterocycles. The van der Waals surface area contributed by atoms with Crippen molar-refractivity contribution >= 4 is 18.0 Å². The molecule has 160 valence electrons. The van der Waals surface area contributed by atoms with Crippen LogP contribution in [0.25, 0.3) is 17.1 Å². The molecule has 2 saturated heterocycles. The van der Waals surface area contributed by atoms with E-state index in [9.17, 15) is 4.79 Å². The Morgan fingerprint density at radius 2 is 1.87 bits per heavy atom. The lowest BCUT2D eigenvalue weighted by atomic mass is 10.0. The zero-order chi connectivity index (χ0) is 21.5. The van der Waals surface area contributed by atoms with Crippen LogP contribution in [0.2, 0.25) is 0 Å². The van der Waals surface area contributed by atoms with Crippen LogP contribution in [0.4, 0.5) is 0 Å². The molecule has 2 aliphatic heterocycles. The number of aromatic nitrogens is 3. The molecule has 3 aromatic rings. The van der Waals surface area contributed by atoms with Crippen molar-refractivity contribution in [1.29, 1.82) is 0 Å². The summed E-state index contributed by atoms with van der Waals surface area (Å²) in [6.07, 6.45) is -0.774. The average molecular weight is 439 g/mol. The minimum Gasteiger partial charge on any atom is -0.493 e. The van der Waals surface area contributed by atoms with Crippen molar-refractivity contribution in [3.8, 4) is 28.6 Å². The summed E-state index contributed by atoms with van der Waals surface area (Å²) in [4.78, 5) is 12.4. The molecule has 0 radical (unpaired) electrons. The number of carbonyl (C=O) groups is 1. The van der Waals surface area contributed by atoms with E-state index >= 15 is 0 Å². The monoisotopic (exact) mass is 439 g/mol. The first-order valence-electron chi connectivity index (χ1n) is 9.90. The molecular formula is C22H21N3O5S. The lowest BCUT2D eigenvalue weighted by molar-refractivity contribution is -0.156. The van der Waals surface area contributed by atoms with Gasteiger partial charge in [-0.3, -0.25) is 9.36 Å². The van der Waals surface area contributed by atoms with E-state index in [2.05, 4.69) is 0 Å². The number of rotatable bonds is 5. The van der Waals surface area contributed by atoms with Crippen LogP contribution in [-0.2, 0) is 14.3 Å². The Bertz CT molecular complexity index is 1190. The van der Waals surface area contributed by atoms with E-state index in [1.165, 1.54) is 0 Å². The standard InChI is InChI=1S/C22H21N3O5S/c1-27-17-9-8-13(10-18(17)28-2)20-23-25(15-11-16(26)21-29-12-19(15)30-21)22(31)24(20)14-6-4-3-5-7-14/h3-10,15,19,21H,11-12H2,1-2H3/t15-,19-,21-/m0/s1. The number of nitrogens with zero attached hydrogens (tertiary/aromatic N) is 3. The van der Waals surface area contributed by atoms with Crippen molar-refractivity contribution in [2.24, 2.45) is 0 Å². The number of ketones is 1. The highest BCUT2D eigenvalue weighted by Gasteiger charge is 2.45. The molecule has 2 aliphatic rings. The molecule has 2 bridgehead atoms. The van der Waals surface area contributed by atoms with Gasteiger partial charge in [0.1, 0.15) is 6.10 Å². The lowest BCUT2D eigenvalue weighted by Crippen LogP contribution is -2.37. The number of carbonyl (C=O) groups excluding carboxylic acids is 1. The van der Waals surface area contributed by atoms with Gasteiger partial charge in [-0.2, -0.15) is 5.10 Å². The van der Waals surface area contributed by atoms with E-state index in [-0.39, 0.29) is 24.3 Å². The minimum atomic E-state index is -0.767. The summed E-state index contributed by atoms with van der Waals surface area (Å²) < 4.78 is 26.1. The molecule has 8 nitrogen and oxygen atoms in total. The maximum absolute atomic E-state index is 12.4. The van der Waals surface area contributed by atoms with E-state index in [0.717, 1.165) is 11.3 Å². The quantitative estimate of drug-likeness (QED) is 0.564. The van der Waals surface area contributed by atoms with E-state index in [1.54, 1.807) is 18.9 Å². The van der Waals surface area contributed by atoms with Crippen molar-refractivity contribution in [2.45, 2.75) is 24.9 Å². The first kappa shape index (κ1) is 19.9. The minimum absolute atomic E-state index is 0.0948. The molecule has 0 amide bonds. The normalized spacial score (nSPS) is 22.5. The third kappa shape index (κ3) is 3.34. The molecule has 0 spiro atoms. The summed E-state index contributed by atoms with van der Waals surface area (Å²) in [7, 11) is 3.18. The second-order valence-corrected chi connectivity index (χ2v) is 7.73. The Balaban J connectivity index is 1.68. The van der Waals surface area contributed by atoms with Gasteiger partial charge in [-0.05, 0) is 42.5 Å². The maximum atomic E-state index is 12.4. The first-order valence-corrected chi connectivity index (χ1v) is 10.3. The Morgan fingerprint density at radius 3 is 2.61 bits per heavy atom. The molecule has 3 atom stereocenters. The predicted molar refractivity (Wildman–Crippen MR) is 114 cm³/mol. The fraction of sp³-hybridized carbons (Fsp3) is 0.318. The van der Waals surface area contributed by atoms with Crippen LogP contribution in [0.15, 0.2) is 48.5 Å². The van der Waals surface area contributed by atoms with Gasteiger partial charge in [-0.25, -0.2) is 4.68 Å². The average Bonchev–Trinajstić information content (AvgIpc) is 3.39. The summed E-state index contributed by atoms with van der Waals surface area (Å²) >= 11 is 5.84. The summed E-state index contributed by atoms with van der Waals surface area (Å²) in [5.41, 5.74) is 1.67. The number of benzene rings is 2. The van der Waals surface area contributed by atoms with E-state index in [0.29, 0.717) is 28.7 Å². The Morgan fingerprint density at radius 1 is 1.10 bits per heavy atom. The fourth-order valence-corrected chi connectivity index (χ4v) is 4.41. The van der Waals surface area contributed by atoms with E-state index in [4.69, 9.17) is 36.3 Å². The van der Waals surface area contributed by atoms with E-state index < -0.39 is 6.29 Å². The van der Waals surface area contributed by atoms with Crippen molar-refractivity contribution in [1.82, 2.24) is 14.3 Å². The van der Waals surface area contributed by atoms with Gasteiger partial charge >= 0.3 is 0 Å². The van der Waals surface area contributed by atoms with Crippen molar-refractivity contribution < 1.29 is 23.7 Å². The highest BCUT2D eigenvalue weighted by atomic mass is 32.1. The smallest absolute Gasteiger partial charge is 0.218 e. The molecule has 0 unspecified atom stereocenters. The highest BCUT2D eigenvalue weighted by Crippen LogP contribution is 2.36. The fourth-order valence-electron chi connectivity index (χ4n) is 4.04. The molecule has 31 heavy (non-hydrogen) atoms. The topological polar surface area (TPSA) is 76.7 Å². The van der Waals surface area contributed by atoms with Crippen LogP contribution in [0, 0.1) is 4.77 Å². The third-order valence-electron chi connectivity index (χ3n) is 5.58. The van der Waals surface area contributed by atoms with Crippen LogP contribution < -0.4 is 9.47 Å². The molecule has 5 rings (SSSR count). The number of fused-ring (bicyclic) bond motifs is 2. The molecule has 0 N–H and O–H groups in total. The van der Waals surface area contributed by atoms with Gasteiger partial charge in [0.25, 0.3) is 0 Å². The van der Waals surface area contributed by atoms with Gasteiger partial charge in [0.15, 0.2) is 23.1 Å². The molecule has 2 fully saturated rings. The summed E-state index contributed by atoms with van der Waals surface area (Å²) in [6, 6.07) is 15.0. The van der Waals surface area contributed by atoms with Crippen LogP contribution in [0.3, 0.4) is 0 Å². The SMILES string of the molecule is COc1ccc(-c2nn([C@H]3CC(=O)[C@H]4OC[C@@H]3O4)c(=S)n2-c2ccccc2)cc1OC. The second kappa shape index (κ2) is 7.92. The van der Waals surface area contributed by atoms with Gasteiger partial charge in [-0.15, -0.1) is 0 Å². The first-order chi connectivity index (χ1) is 15.1. The largest absolute Gasteiger partial charge is 0.493 e. The zero-order valence-electron chi connectivity index (χ0n) is 17.1. The number of para-hydroxylation sites is 1. The van der Waals surface area contributed by atoms with Gasteiger partial charge in [0.2, 0.25) is 11.1 Å². The van der Waals surface area contributed by atoms with Crippen molar-refractivity contribution in [3.63, 3.8) is 0 Å². The van der Waals surface area contributed by atoms with Gasteiger partial charge in [-0.1, -0.05) is 18.2 Å². The Kier molecular flexibility index (Phi) is 5.09. The van der Waals surface area contributed by atoms with Crippen molar-refractivity contribution in [2.75, 3.05) is 20.8 Å². The lowest BCUT2D eigenvalue weighted by Gasteiger charge is -2.26. The van der Waals surface area contributed by atoms with Crippen LogP contribution >= 0.6 is 12.2 Å². The molecule has 2 aromatic carbocycles. The number of hydrogen-bond donors (Lipinski definition) is 0. The highest BCUT2D eigenvalue weighted by molar-refractivity contribution is 7.71. The van der Waals surface area contributed by atoms with Crippen molar-refractivity contribution in [3.05, 3.63) is 53.3 Å². The number of methoxy groups -OCH3 is 2. The number of hydrogen-bond acceptors (Lipinski definition) is 7. The molecule has 1 aromatic heterocycles. The Labute approximate surface area is 183 Å². The summed E-state index contributed by atoms with van der Waals surface area (Å²) in [6.45, 7) is 0.340. The molecule has 0 aliphatic carbocycles. The van der Waals surface area contributed by atoms with Crippen LogP contribution in [0.5, 0.6) is 11.5 Å². The third-order valence-corrected chi connectivity index (χ3v) is 5.95. The molecule has 0 saturated carbocycles. The Hall–Kier alpha value is -3.01. The van der Waals surface area contributed by atoms with Gasteiger partial charge in [0.05, 0.1) is 26.9 Å². The summed E-state index contributed by atoms with van der Waals surface area (Å²) in [5.74, 6) is 1.74. The number of Topliss-reactive ketones (excluding diaryl/α,β-unsaturated/α-hetero) is 1. The molecular weight excluding hydrogens is 418 g/mol. The molecule has 9 heteroatoms. The van der Waals surface area contributed by atoms with Crippen LogP contribution in [0.1, 0.15) is 12.5 Å². The van der Waals surface area contributed by atoms with Gasteiger partial charge in [0, 0.05) is 17.7 Å². The zero-order valence-corrected chi connectivity index (χ0v) is 17.9. The predicted octanol–water partition coefficient (Wildman–Crippen LogP) is 3.34. The van der Waals surface area contributed by atoms with Gasteiger partial charge < -0.3 is 18.9 Å². The summed E-state index contributed by atoms with van der Waals surface area (Å²) in [5, 5.41) is 4.85. The van der Waals surface area contributed by atoms with Crippen LogP contribution in [-0.4, -0.2) is 53.4 Å². The number of ether oxygens (including phenoxy) is 4. The second-order valence-electron chi connectivity index (χ2n) is 7.37. The maximum Gasteiger partial charge on any atom is 0.218 e. The van der Waals surface area contributed by atoms with E-state index in [1.807, 2.05) is 53.1 Å².